The smallest absolute Gasteiger partial charge is 0.335 e. The standard InChI is InChI=1S/C24H42O9/c1-9-10(2)15(7)30-23(13(9)5)32-19-17(25)14(6)24(33-20(19)21(26)27)31-18-11(3)12(4)22(28)29-16(18)8/h9-20,22-25,28H,1-8H3,(H,26,27)/t9-,10?,11+,12?,13?,14?,15?,16?,17+,18-,19-,20?,22?,23?,24?/m1/s1. The summed E-state index contributed by atoms with van der Waals surface area (Å²) in [5, 5.41) is 31.1. The summed E-state index contributed by atoms with van der Waals surface area (Å²) in [4.78, 5) is 12.1. The van der Waals surface area contributed by atoms with Crippen LogP contribution in [0.2, 0.25) is 0 Å². The van der Waals surface area contributed by atoms with E-state index in [2.05, 4.69) is 13.8 Å². The van der Waals surface area contributed by atoms with E-state index in [1.165, 1.54) is 0 Å². The van der Waals surface area contributed by atoms with Gasteiger partial charge in [0.25, 0.3) is 0 Å². The number of carboxylic acid groups (broad SMARTS) is 1. The Bertz CT molecular complexity index is 674. The van der Waals surface area contributed by atoms with E-state index in [0.717, 1.165) is 0 Å². The molecule has 3 rings (SSSR count). The molecule has 0 amide bonds. The van der Waals surface area contributed by atoms with Gasteiger partial charge in [-0.2, -0.15) is 0 Å². The third-order valence-electron chi connectivity index (χ3n) is 8.50. The van der Waals surface area contributed by atoms with Crippen LogP contribution in [0, 0.1) is 35.5 Å². The largest absolute Gasteiger partial charge is 0.479 e. The Balaban J connectivity index is 1.75. The average Bonchev–Trinajstić information content (AvgIpc) is 2.76. The highest BCUT2D eigenvalue weighted by atomic mass is 16.7. The van der Waals surface area contributed by atoms with Gasteiger partial charge in [-0.05, 0) is 31.6 Å². The van der Waals surface area contributed by atoms with Gasteiger partial charge in [-0.3, -0.25) is 0 Å². The van der Waals surface area contributed by atoms with Crippen LogP contribution in [0.4, 0.5) is 0 Å². The van der Waals surface area contributed by atoms with Gasteiger partial charge < -0.3 is 39.0 Å². The maximum Gasteiger partial charge on any atom is 0.335 e. The first-order valence-corrected chi connectivity index (χ1v) is 12.2. The van der Waals surface area contributed by atoms with Gasteiger partial charge in [0.1, 0.15) is 6.10 Å². The van der Waals surface area contributed by atoms with Crippen LogP contribution in [0.1, 0.15) is 55.4 Å². The van der Waals surface area contributed by atoms with E-state index in [-0.39, 0.29) is 23.9 Å². The first-order chi connectivity index (χ1) is 15.3. The molecular weight excluding hydrogens is 432 g/mol. The molecule has 9 heteroatoms. The van der Waals surface area contributed by atoms with Gasteiger partial charge in [-0.15, -0.1) is 0 Å². The molecule has 0 aromatic carbocycles. The summed E-state index contributed by atoms with van der Waals surface area (Å²) >= 11 is 0. The van der Waals surface area contributed by atoms with Gasteiger partial charge in [0.05, 0.1) is 24.4 Å². The molecule has 3 fully saturated rings. The highest BCUT2D eigenvalue weighted by Gasteiger charge is 2.52. The van der Waals surface area contributed by atoms with Crippen molar-refractivity contribution in [2.75, 3.05) is 0 Å². The van der Waals surface area contributed by atoms with Crippen LogP contribution in [-0.2, 0) is 28.5 Å². The summed E-state index contributed by atoms with van der Waals surface area (Å²) in [7, 11) is 0. The molecule has 0 aromatic heterocycles. The van der Waals surface area contributed by atoms with Crippen LogP contribution in [0.15, 0.2) is 0 Å². The van der Waals surface area contributed by atoms with E-state index in [4.69, 9.17) is 23.7 Å². The second kappa shape index (κ2) is 10.4. The SMILES string of the molecule is CC1OC(O[C@H]2C(C(=O)O)OC(O[C@H]3C(C)OC(O)C(C)[C@@H]3C)C(C)[C@@H]2O)C(C)[C@H](C)C1C. The number of carboxylic acids is 1. The molecule has 10 unspecified atom stereocenters. The topological polar surface area (TPSA) is 124 Å². The number of carbonyl (C=O) groups is 1. The monoisotopic (exact) mass is 474 g/mol. The Morgan fingerprint density at radius 1 is 0.636 bits per heavy atom. The highest BCUT2D eigenvalue weighted by molar-refractivity contribution is 5.73. The van der Waals surface area contributed by atoms with Crippen LogP contribution in [-0.4, -0.2) is 76.8 Å². The number of ether oxygens (including phenoxy) is 5. The van der Waals surface area contributed by atoms with E-state index in [0.29, 0.717) is 11.8 Å². The van der Waals surface area contributed by atoms with Gasteiger partial charge in [0.15, 0.2) is 25.0 Å². The Morgan fingerprint density at radius 2 is 1.21 bits per heavy atom. The second-order valence-electron chi connectivity index (χ2n) is 10.6. The second-order valence-corrected chi connectivity index (χ2v) is 10.6. The minimum absolute atomic E-state index is 0.0242. The van der Waals surface area contributed by atoms with Crippen LogP contribution in [0.25, 0.3) is 0 Å². The Kier molecular flexibility index (Phi) is 8.47. The number of hydrogen-bond donors (Lipinski definition) is 3. The van der Waals surface area contributed by atoms with Crippen molar-refractivity contribution in [2.45, 2.75) is 111 Å². The fourth-order valence-corrected chi connectivity index (χ4v) is 5.21. The number of aliphatic hydroxyl groups is 2. The maximum atomic E-state index is 12.1. The number of aliphatic hydroxyl groups excluding tert-OH is 2. The predicted octanol–water partition coefficient (Wildman–Crippen LogP) is 2.23. The lowest BCUT2D eigenvalue weighted by molar-refractivity contribution is -0.347. The molecule has 192 valence electrons. The number of hydrogen-bond acceptors (Lipinski definition) is 8. The molecule has 0 bridgehead atoms. The maximum absolute atomic E-state index is 12.1. The Labute approximate surface area is 196 Å². The summed E-state index contributed by atoms with van der Waals surface area (Å²) in [6.45, 7) is 15.6. The summed E-state index contributed by atoms with van der Waals surface area (Å²) in [6, 6.07) is 0. The van der Waals surface area contributed by atoms with Gasteiger partial charge in [-0.25, -0.2) is 4.79 Å². The normalized spacial score (nSPS) is 53.6. The zero-order valence-electron chi connectivity index (χ0n) is 21.0. The fourth-order valence-electron chi connectivity index (χ4n) is 5.21. The molecule has 3 saturated heterocycles. The molecule has 15 atom stereocenters. The van der Waals surface area contributed by atoms with E-state index in [9.17, 15) is 20.1 Å². The van der Waals surface area contributed by atoms with Crippen molar-refractivity contribution in [1.29, 1.82) is 0 Å². The lowest BCUT2D eigenvalue weighted by Gasteiger charge is -2.48. The van der Waals surface area contributed by atoms with Crippen LogP contribution in [0.3, 0.4) is 0 Å². The van der Waals surface area contributed by atoms with Crippen molar-refractivity contribution in [2.24, 2.45) is 35.5 Å². The minimum atomic E-state index is -1.42. The Morgan fingerprint density at radius 3 is 1.82 bits per heavy atom. The Hall–Kier alpha value is -0.810. The lowest BCUT2D eigenvalue weighted by Crippen LogP contribution is -2.61. The van der Waals surface area contributed by atoms with E-state index in [1.807, 2.05) is 27.7 Å². The number of aliphatic carboxylic acids is 1. The molecule has 33 heavy (non-hydrogen) atoms. The molecule has 3 aliphatic rings. The third-order valence-corrected chi connectivity index (χ3v) is 8.50. The zero-order chi connectivity index (χ0) is 24.8. The first-order valence-electron chi connectivity index (χ1n) is 12.2. The van der Waals surface area contributed by atoms with Gasteiger partial charge in [-0.1, -0.05) is 41.5 Å². The molecule has 3 N–H and O–H groups in total. The highest BCUT2D eigenvalue weighted by Crippen LogP contribution is 2.39. The van der Waals surface area contributed by atoms with Crippen LogP contribution >= 0.6 is 0 Å². The molecule has 3 aliphatic heterocycles. The van der Waals surface area contributed by atoms with Crippen molar-refractivity contribution in [1.82, 2.24) is 0 Å². The van der Waals surface area contributed by atoms with Gasteiger partial charge >= 0.3 is 5.97 Å². The molecule has 0 aromatic rings. The van der Waals surface area contributed by atoms with Crippen LogP contribution in [0.5, 0.6) is 0 Å². The molecule has 3 heterocycles. The molecule has 0 spiro atoms. The summed E-state index contributed by atoms with van der Waals surface area (Å²) in [6.07, 6.45) is -7.05. The van der Waals surface area contributed by atoms with Crippen molar-refractivity contribution in [3.63, 3.8) is 0 Å². The quantitative estimate of drug-likeness (QED) is 0.550. The molecule has 0 aliphatic carbocycles. The van der Waals surface area contributed by atoms with E-state index in [1.54, 1.807) is 13.8 Å². The van der Waals surface area contributed by atoms with Crippen LogP contribution < -0.4 is 0 Å². The zero-order valence-corrected chi connectivity index (χ0v) is 21.0. The predicted molar refractivity (Wildman–Crippen MR) is 118 cm³/mol. The minimum Gasteiger partial charge on any atom is -0.479 e. The fraction of sp³-hybridized carbons (Fsp3) is 0.958. The van der Waals surface area contributed by atoms with Crippen molar-refractivity contribution < 1.29 is 43.8 Å². The lowest BCUT2D eigenvalue weighted by atomic mass is 9.79. The van der Waals surface area contributed by atoms with Gasteiger partial charge in [0, 0.05) is 17.8 Å². The number of rotatable bonds is 5. The molecule has 9 nitrogen and oxygen atoms in total. The summed E-state index contributed by atoms with van der Waals surface area (Å²) in [5.41, 5.74) is 0. The summed E-state index contributed by atoms with van der Waals surface area (Å²) < 4.78 is 29.8. The van der Waals surface area contributed by atoms with E-state index >= 15 is 0 Å². The first kappa shape index (κ1) is 26.8. The molecule has 0 saturated carbocycles. The molecule has 0 radical (unpaired) electrons. The van der Waals surface area contributed by atoms with E-state index < -0.39 is 61.3 Å². The molecular formula is C24H42O9. The third kappa shape index (κ3) is 5.24. The van der Waals surface area contributed by atoms with Crippen molar-refractivity contribution >= 4 is 5.97 Å². The van der Waals surface area contributed by atoms with Gasteiger partial charge in [0.2, 0.25) is 0 Å². The van der Waals surface area contributed by atoms with Crippen molar-refractivity contribution in [3.05, 3.63) is 0 Å². The van der Waals surface area contributed by atoms with Crippen molar-refractivity contribution in [3.8, 4) is 0 Å². The average molecular weight is 475 g/mol. The summed E-state index contributed by atoms with van der Waals surface area (Å²) in [5.74, 6) is -1.35.